The summed E-state index contributed by atoms with van der Waals surface area (Å²) in [4.78, 5) is 15.1. The van der Waals surface area contributed by atoms with Crippen LogP contribution in [0, 0.1) is 18.7 Å². The maximum atomic E-state index is 14.9. The van der Waals surface area contributed by atoms with Crippen molar-refractivity contribution >= 4 is 24.1 Å². The van der Waals surface area contributed by atoms with E-state index in [0.29, 0.717) is 44.4 Å². The molecule has 1 atom stereocenters. The Hall–Kier alpha value is -2.56. The smallest absolute Gasteiger partial charge is 0.417 e. The van der Waals surface area contributed by atoms with Crippen LogP contribution >= 0.6 is 0 Å². The summed E-state index contributed by atoms with van der Waals surface area (Å²) >= 11 is 0. The third kappa shape index (κ3) is 7.22. The van der Waals surface area contributed by atoms with E-state index in [0.717, 1.165) is 18.2 Å². The van der Waals surface area contributed by atoms with Gasteiger partial charge in [0.2, 0.25) is 0 Å². The molecule has 1 saturated carbocycles. The molecule has 1 aliphatic carbocycles. The maximum Gasteiger partial charge on any atom is 0.435 e. The minimum atomic E-state index is -6.37. The second-order valence-electron chi connectivity index (χ2n) is 15.3. The third-order valence-electron chi connectivity index (χ3n) is 11.2. The zero-order valence-electron chi connectivity index (χ0n) is 29.7. The number of carbonyl (C=O) groups excluding carboxylic acids is 1. The van der Waals surface area contributed by atoms with Gasteiger partial charge in [-0.1, -0.05) is 45.0 Å². The molecule has 1 unspecified atom stereocenters. The summed E-state index contributed by atoms with van der Waals surface area (Å²) in [6.45, 7) is 11.9. The lowest BCUT2D eigenvalue weighted by molar-refractivity contribution is -0.348. The lowest BCUT2D eigenvalue weighted by Gasteiger charge is -2.42. The van der Waals surface area contributed by atoms with Crippen LogP contribution in [0.3, 0.4) is 0 Å². The van der Waals surface area contributed by atoms with Crippen LogP contribution in [0.5, 0.6) is 0 Å². The fraction of sp³-hybridized carbons (Fsp3) is 0.629. The molecule has 2 aromatic rings. The van der Waals surface area contributed by atoms with Gasteiger partial charge < -0.3 is 14.1 Å². The average molecular weight is 772 g/mol. The highest BCUT2D eigenvalue weighted by atomic mass is 32.2. The van der Waals surface area contributed by atoms with E-state index in [-0.39, 0.29) is 52.1 Å². The monoisotopic (exact) mass is 771 g/mol. The normalized spacial score (nSPS) is 24.2. The second kappa shape index (κ2) is 13.7. The Kier molecular flexibility index (Phi) is 11.1. The second-order valence-corrected chi connectivity index (χ2v) is 22.4. The summed E-state index contributed by atoms with van der Waals surface area (Å²) in [5.74, 6) is -1.05. The molecule has 2 aromatic carbocycles. The van der Waals surface area contributed by atoms with Crippen LogP contribution < -0.4 is 0 Å². The number of carbonyl (C=O) groups is 1. The Morgan fingerprint density at radius 2 is 1.47 bits per heavy atom. The number of nitrogens with zero attached hydrogens (tertiary/aromatic N) is 1. The topological polar surface area (TPSA) is 72.9 Å². The molecule has 0 bridgehead atoms. The van der Waals surface area contributed by atoms with E-state index in [2.05, 4.69) is 33.9 Å². The van der Waals surface area contributed by atoms with Crippen molar-refractivity contribution in [2.75, 3.05) is 26.8 Å². The van der Waals surface area contributed by atoms with Crippen LogP contribution in [-0.4, -0.2) is 72.3 Å². The highest BCUT2D eigenvalue weighted by molar-refractivity contribution is 7.92. The van der Waals surface area contributed by atoms with Crippen molar-refractivity contribution in [2.24, 2.45) is 5.92 Å². The molecule has 0 spiro atoms. The molecule has 2 aliphatic rings. The quantitative estimate of drug-likeness (QED) is 0.145. The third-order valence-corrected chi connectivity index (χ3v) is 18.2. The van der Waals surface area contributed by atoms with E-state index >= 15 is 0 Å². The van der Waals surface area contributed by atoms with Crippen LogP contribution in [0.25, 0.3) is 0 Å². The molecule has 4 rings (SSSR count). The van der Waals surface area contributed by atoms with Crippen molar-refractivity contribution in [3.63, 3.8) is 0 Å². The Morgan fingerprint density at radius 1 is 0.922 bits per heavy atom. The summed E-state index contributed by atoms with van der Waals surface area (Å²) in [5, 5.41) is 0.00903. The summed E-state index contributed by atoms with van der Waals surface area (Å²) in [5.41, 5.74) is -9.10. The zero-order chi connectivity index (χ0) is 38.6. The number of amides is 1. The number of rotatable bonds is 9. The van der Waals surface area contributed by atoms with E-state index in [1.54, 1.807) is 0 Å². The first kappa shape index (κ1) is 41.2. The number of alkyl halides is 7. The van der Waals surface area contributed by atoms with Crippen molar-refractivity contribution in [3.05, 3.63) is 65.0 Å². The molecule has 16 heteroatoms. The molecular weight excluding hydrogens is 727 g/mol. The molecule has 1 heterocycles. The predicted octanol–water partition coefficient (Wildman–Crippen LogP) is 8.92. The fourth-order valence-electron chi connectivity index (χ4n) is 6.71. The highest BCUT2D eigenvalue weighted by Gasteiger charge is 2.73. The molecule has 1 saturated heterocycles. The van der Waals surface area contributed by atoms with Gasteiger partial charge in [0.25, 0.3) is 5.91 Å². The van der Waals surface area contributed by atoms with Crippen LogP contribution in [-0.2, 0) is 34.2 Å². The van der Waals surface area contributed by atoms with Gasteiger partial charge in [-0.25, -0.2) is 17.2 Å². The standard InChI is InChI=1S/C35H45F8NO5SSi/c1-23-20-27(12-13-28(23)36)50(46,47)32(25-8-10-26(11-9-25)33(37,34(38,39)40)35(41,42)43)18-19-44(22-32)29(45)31(48-5)16-14-24(15-17-31)21-49-51(6,7)30(2,3)4/h8-13,20,24H,14-19,21-22H2,1-7H3. The molecular formula is C35H45F8NO5SSi. The van der Waals surface area contributed by atoms with E-state index in [4.69, 9.17) is 9.16 Å². The van der Waals surface area contributed by atoms with E-state index in [1.807, 2.05) is 0 Å². The molecule has 0 N–H and O–H groups in total. The summed E-state index contributed by atoms with van der Waals surface area (Å²) in [7, 11) is -5.26. The van der Waals surface area contributed by atoms with E-state index in [9.17, 15) is 48.3 Å². The fourth-order valence-corrected chi connectivity index (χ4v) is 9.96. The lowest BCUT2D eigenvalue weighted by Crippen LogP contribution is -2.53. The zero-order valence-corrected chi connectivity index (χ0v) is 31.5. The van der Waals surface area contributed by atoms with Gasteiger partial charge in [-0.05, 0) is 92.4 Å². The van der Waals surface area contributed by atoms with Crippen LogP contribution in [0.2, 0.25) is 18.1 Å². The van der Waals surface area contributed by atoms with Gasteiger partial charge in [-0.3, -0.25) is 4.79 Å². The van der Waals surface area contributed by atoms with Crippen LogP contribution in [0.4, 0.5) is 35.1 Å². The molecule has 0 radical (unpaired) electrons. The van der Waals surface area contributed by atoms with Gasteiger partial charge in [0.05, 0.1) is 4.90 Å². The molecule has 1 amide bonds. The minimum Gasteiger partial charge on any atom is -0.417 e. The maximum absolute atomic E-state index is 14.9. The van der Waals surface area contributed by atoms with Crippen molar-refractivity contribution < 1.29 is 57.5 Å². The summed E-state index contributed by atoms with van der Waals surface area (Å²) in [6, 6.07) is 4.94. The SMILES string of the molecule is COC1(C(=O)N2CCC(c3ccc(C(F)(C(F)(F)F)C(F)(F)F)cc3)(S(=O)(=O)c3ccc(F)c(C)c3)C2)CCC(CO[Si](C)(C)C(C)(C)C)CC1. The average Bonchev–Trinajstić information content (AvgIpc) is 3.50. The molecule has 1 aliphatic heterocycles. The number of ether oxygens (including phenoxy) is 1. The molecule has 2 fully saturated rings. The predicted molar refractivity (Wildman–Crippen MR) is 177 cm³/mol. The Morgan fingerprint density at radius 3 is 1.94 bits per heavy atom. The van der Waals surface area contributed by atoms with Crippen LogP contribution in [0.15, 0.2) is 47.4 Å². The van der Waals surface area contributed by atoms with Crippen molar-refractivity contribution in [3.8, 4) is 0 Å². The number of hydrogen-bond acceptors (Lipinski definition) is 5. The van der Waals surface area contributed by atoms with Gasteiger partial charge in [-0.2, -0.15) is 26.3 Å². The van der Waals surface area contributed by atoms with Gasteiger partial charge >= 0.3 is 18.0 Å². The number of halogens is 8. The Labute approximate surface area is 294 Å². The minimum absolute atomic E-state index is 0.00903. The molecule has 286 valence electrons. The van der Waals surface area contributed by atoms with Crippen molar-refractivity contribution in [2.45, 2.75) is 111 Å². The first-order chi connectivity index (χ1) is 23.2. The number of sulfone groups is 1. The lowest BCUT2D eigenvalue weighted by atomic mass is 9.78. The van der Waals surface area contributed by atoms with Crippen LogP contribution in [0.1, 0.15) is 69.6 Å². The summed E-state index contributed by atoms with van der Waals surface area (Å²) in [6.07, 6.45) is -11.3. The number of benzene rings is 2. The largest absolute Gasteiger partial charge is 0.435 e. The first-order valence-corrected chi connectivity index (χ1v) is 21.0. The molecule has 51 heavy (non-hydrogen) atoms. The van der Waals surface area contributed by atoms with E-state index in [1.165, 1.54) is 18.9 Å². The number of hydrogen-bond donors (Lipinski definition) is 0. The number of likely N-dealkylation sites (tertiary alicyclic amines) is 1. The van der Waals surface area contributed by atoms with Gasteiger partial charge in [0, 0.05) is 32.4 Å². The highest BCUT2D eigenvalue weighted by Crippen LogP contribution is 2.54. The van der Waals surface area contributed by atoms with Gasteiger partial charge in [-0.15, -0.1) is 0 Å². The number of aryl methyl sites for hydroxylation is 1. The van der Waals surface area contributed by atoms with Crippen molar-refractivity contribution in [1.82, 2.24) is 4.90 Å². The Bertz CT molecular complexity index is 1680. The number of methoxy groups -OCH3 is 1. The van der Waals surface area contributed by atoms with Gasteiger partial charge in [0.1, 0.15) is 16.2 Å². The Balaban J connectivity index is 1.69. The first-order valence-electron chi connectivity index (χ1n) is 16.6. The van der Waals surface area contributed by atoms with E-state index < -0.39 is 70.4 Å². The molecule has 6 nitrogen and oxygen atoms in total. The van der Waals surface area contributed by atoms with Gasteiger partial charge in [0.15, 0.2) is 18.2 Å². The van der Waals surface area contributed by atoms with Crippen molar-refractivity contribution in [1.29, 1.82) is 0 Å². The molecule has 0 aromatic heterocycles. The summed E-state index contributed by atoms with van der Waals surface area (Å²) < 4.78 is 149.